The number of aromatic hydroxyl groups is 1. The molecular formula is C29H27FN6O2. The summed E-state index contributed by atoms with van der Waals surface area (Å²) in [6, 6.07) is 12.7. The minimum atomic E-state index is -0.563. The van der Waals surface area contributed by atoms with Gasteiger partial charge >= 0.3 is 6.01 Å². The van der Waals surface area contributed by atoms with E-state index in [0.717, 1.165) is 29.6 Å². The molecule has 2 aliphatic rings. The Bertz CT molecular complexity index is 1670. The summed E-state index contributed by atoms with van der Waals surface area (Å²) in [7, 11) is 1.84. The van der Waals surface area contributed by atoms with E-state index < -0.39 is 5.82 Å². The average Bonchev–Trinajstić information content (AvgIpc) is 3.50. The smallest absolute Gasteiger partial charge is 0.319 e. The van der Waals surface area contributed by atoms with Crippen LogP contribution < -0.4 is 9.64 Å². The van der Waals surface area contributed by atoms with E-state index in [1.54, 1.807) is 29.2 Å². The molecule has 2 unspecified atom stereocenters. The van der Waals surface area contributed by atoms with Crippen LogP contribution in [0.3, 0.4) is 0 Å². The molecule has 4 heterocycles. The molecule has 1 saturated heterocycles. The molecule has 1 aliphatic heterocycles. The Hall–Kier alpha value is -4.27. The van der Waals surface area contributed by atoms with E-state index in [0.29, 0.717) is 28.6 Å². The number of hydrogen-bond donors (Lipinski definition) is 1. The highest BCUT2D eigenvalue weighted by atomic mass is 19.1. The van der Waals surface area contributed by atoms with Crippen LogP contribution in [0.25, 0.3) is 32.9 Å². The number of aryl methyl sites for hydroxylation is 1. The molecule has 0 spiro atoms. The molecule has 0 radical (unpaired) electrons. The molecule has 5 aromatic rings. The number of phenolic OH excluding ortho intramolecular Hbond substituents is 1. The number of piperidine rings is 1. The standard InChI is InChI=1S/C29H27FN6O2/c1-35-20(8-9-32-35)16-38-29-33-27-24(28(34-29)36-14-17-6-7-18(10-17)15-36)13-31-26(25(27)30)23-12-21(37)11-19-4-2-3-5-22(19)23/h2-5,8-9,11-13,17-18,37H,6-7,10,14-16H2,1H3. The van der Waals surface area contributed by atoms with Gasteiger partial charge in [0.15, 0.2) is 5.82 Å². The van der Waals surface area contributed by atoms with Gasteiger partial charge in [-0.3, -0.25) is 9.67 Å². The monoisotopic (exact) mass is 510 g/mol. The second-order valence-corrected chi connectivity index (χ2v) is 10.4. The number of nitrogens with zero attached hydrogens (tertiary/aromatic N) is 6. The summed E-state index contributed by atoms with van der Waals surface area (Å²) >= 11 is 0. The van der Waals surface area contributed by atoms with Gasteiger partial charge in [-0.25, -0.2) is 4.39 Å². The highest BCUT2D eigenvalue weighted by Crippen LogP contribution is 2.41. The van der Waals surface area contributed by atoms with E-state index in [1.807, 2.05) is 37.4 Å². The summed E-state index contributed by atoms with van der Waals surface area (Å²) in [6.07, 6.45) is 7.03. The second kappa shape index (κ2) is 8.93. The van der Waals surface area contributed by atoms with Crippen molar-refractivity contribution < 1.29 is 14.2 Å². The first-order valence-corrected chi connectivity index (χ1v) is 13.0. The lowest BCUT2D eigenvalue weighted by Gasteiger charge is -2.33. The zero-order valence-electron chi connectivity index (χ0n) is 21.0. The first-order chi connectivity index (χ1) is 18.5. The number of pyridine rings is 1. The van der Waals surface area contributed by atoms with E-state index in [4.69, 9.17) is 9.72 Å². The van der Waals surface area contributed by atoms with Gasteiger partial charge < -0.3 is 14.7 Å². The Morgan fingerprint density at radius 3 is 2.66 bits per heavy atom. The Morgan fingerprint density at radius 1 is 1.05 bits per heavy atom. The van der Waals surface area contributed by atoms with Crippen molar-refractivity contribution in [2.45, 2.75) is 25.9 Å². The average molecular weight is 511 g/mol. The van der Waals surface area contributed by atoms with E-state index in [9.17, 15) is 5.11 Å². The molecule has 3 aromatic heterocycles. The third kappa shape index (κ3) is 3.89. The maximum absolute atomic E-state index is 16.4. The number of rotatable bonds is 5. The number of phenols is 1. The Kier molecular flexibility index (Phi) is 5.38. The van der Waals surface area contributed by atoms with Gasteiger partial charge in [0.1, 0.15) is 29.4 Å². The van der Waals surface area contributed by atoms with E-state index in [-0.39, 0.29) is 29.6 Å². The van der Waals surface area contributed by atoms with Crippen LogP contribution in [0, 0.1) is 17.7 Å². The highest BCUT2D eigenvalue weighted by molar-refractivity contribution is 5.99. The summed E-state index contributed by atoms with van der Waals surface area (Å²) in [4.78, 5) is 16.1. The number of anilines is 1. The Balaban J connectivity index is 1.38. The van der Waals surface area contributed by atoms with Crippen LogP contribution in [-0.2, 0) is 13.7 Å². The van der Waals surface area contributed by atoms with Gasteiger partial charge in [-0.1, -0.05) is 24.3 Å². The van der Waals surface area contributed by atoms with Gasteiger partial charge in [-0.15, -0.1) is 0 Å². The predicted molar refractivity (Wildman–Crippen MR) is 142 cm³/mol. The summed E-state index contributed by atoms with van der Waals surface area (Å²) in [5.41, 5.74) is 1.65. The second-order valence-electron chi connectivity index (χ2n) is 10.4. The fraction of sp³-hybridized carbons (Fsp3) is 0.310. The van der Waals surface area contributed by atoms with Crippen LogP contribution in [0.1, 0.15) is 25.0 Å². The Morgan fingerprint density at radius 2 is 1.87 bits per heavy atom. The first kappa shape index (κ1) is 22.9. The summed E-state index contributed by atoms with van der Waals surface area (Å²) in [5, 5.41) is 16.7. The number of hydrogen-bond acceptors (Lipinski definition) is 7. The van der Waals surface area contributed by atoms with Crippen LogP contribution in [0.2, 0.25) is 0 Å². The van der Waals surface area contributed by atoms with Crippen LogP contribution in [0.5, 0.6) is 11.8 Å². The normalized spacial score (nSPS) is 18.9. The van der Waals surface area contributed by atoms with Crippen LogP contribution in [0.4, 0.5) is 10.2 Å². The van der Waals surface area contributed by atoms with Gasteiger partial charge in [0.25, 0.3) is 0 Å². The fourth-order valence-electron chi connectivity index (χ4n) is 6.07. The van der Waals surface area contributed by atoms with E-state index in [2.05, 4.69) is 20.0 Å². The summed E-state index contributed by atoms with van der Waals surface area (Å²) in [6.45, 7) is 1.97. The van der Waals surface area contributed by atoms with E-state index >= 15 is 4.39 Å². The number of aromatic nitrogens is 5. The van der Waals surface area contributed by atoms with E-state index in [1.165, 1.54) is 19.3 Å². The molecule has 7 rings (SSSR count). The fourth-order valence-corrected chi connectivity index (χ4v) is 6.07. The minimum absolute atomic E-state index is 0.0485. The van der Waals surface area contributed by atoms with Gasteiger partial charge in [-0.2, -0.15) is 15.1 Å². The van der Waals surface area contributed by atoms with Crippen LogP contribution in [-0.4, -0.2) is 42.9 Å². The summed E-state index contributed by atoms with van der Waals surface area (Å²) < 4.78 is 24.1. The molecule has 192 valence electrons. The molecule has 9 heteroatoms. The molecular weight excluding hydrogens is 483 g/mol. The summed E-state index contributed by atoms with van der Waals surface area (Å²) in [5.74, 6) is 1.38. The molecule has 1 saturated carbocycles. The van der Waals surface area contributed by atoms with Gasteiger partial charge in [0.05, 0.1) is 11.1 Å². The lowest BCUT2D eigenvalue weighted by molar-refractivity contribution is 0.271. The zero-order chi connectivity index (χ0) is 25.8. The molecule has 2 bridgehead atoms. The van der Waals surface area contributed by atoms with Gasteiger partial charge in [0.2, 0.25) is 0 Å². The van der Waals surface area contributed by atoms with Crippen molar-refractivity contribution in [2.24, 2.45) is 18.9 Å². The first-order valence-electron chi connectivity index (χ1n) is 13.0. The lowest BCUT2D eigenvalue weighted by Crippen LogP contribution is -2.37. The molecule has 8 nitrogen and oxygen atoms in total. The molecule has 2 fully saturated rings. The molecule has 38 heavy (non-hydrogen) atoms. The van der Waals surface area contributed by atoms with Gasteiger partial charge in [-0.05, 0) is 60.1 Å². The largest absolute Gasteiger partial charge is 0.508 e. The maximum atomic E-state index is 16.4. The predicted octanol–water partition coefficient (Wildman–Crippen LogP) is 5.24. The number of fused-ring (bicyclic) bond motifs is 4. The Labute approximate surface area is 218 Å². The lowest BCUT2D eigenvalue weighted by atomic mass is 9.98. The molecule has 1 N–H and O–H groups in total. The van der Waals surface area contributed by atoms with Crippen molar-refractivity contribution >= 4 is 27.5 Å². The molecule has 2 aromatic carbocycles. The molecule has 2 atom stereocenters. The van der Waals surface area contributed by atoms with Crippen LogP contribution in [0.15, 0.2) is 54.9 Å². The molecule has 0 amide bonds. The van der Waals surface area contributed by atoms with Crippen molar-refractivity contribution in [3.05, 3.63) is 66.4 Å². The van der Waals surface area contributed by atoms with Crippen molar-refractivity contribution in [1.82, 2.24) is 24.7 Å². The maximum Gasteiger partial charge on any atom is 0.319 e. The quantitative estimate of drug-likeness (QED) is 0.346. The SMILES string of the molecule is Cn1nccc1COc1nc(N2CC3CCC(C3)C2)c2cnc(-c3cc(O)cc4ccccc34)c(F)c2n1. The van der Waals surface area contributed by atoms with Crippen molar-refractivity contribution in [2.75, 3.05) is 18.0 Å². The third-order valence-corrected chi connectivity index (χ3v) is 7.92. The number of halogens is 1. The van der Waals surface area contributed by atoms with Crippen molar-refractivity contribution in [3.8, 4) is 23.0 Å². The van der Waals surface area contributed by atoms with Crippen molar-refractivity contribution in [1.29, 1.82) is 0 Å². The molecule has 1 aliphatic carbocycles. The third-order valence-electron chi connectivity index (χ3n) is 7.92. The number of ether oxygens (including phenoxy) is 1. The van der Waals surface area contributed by atoms with Crippen molar-refractivity contribution in [3.63, 3.8) is 0 Å². The topological polar surface area (TPSA) is 89.2 Å². The zero-order valence-corrected chi connectivity index (χ0v) is 21.0. The highest BCUT2D eigenvalue weighted by Gasteiger charge is 2.34. The number of benzene rings is 2. The van der Waals surface area contributed by atoms with Gasteiger partial charge in [0, 0.05) is 38.1 Å². The van der Waals surface area contributed by atoms with Crippen LogP contribution >= 0.6 is 0 Å². The minimum Gasteiger partial charge on any atom is -0.508 e.